The van der Waals surface area contributed by atoms with Gasteiger partial charge in [0, 0.05) is 16.1 Å². The maximum atomic E-state index is 12.8. The molecule has 0 saturated heterocycles. The molecule has 9 heteroatoms. The number of allylic oxidation sites excluding steroid dienone is 1. The SMILES string of the molecule is COc1ccccc1CC1(C(N)=O)C(=S)C(C(N)=O)=C(CC(=O)c2ccccc2)NC1N. The minimum absolute atomic E-state index is 0.0178. The van der Waals surface area contributed by atoms with Crippen LogP contribution in [-0.4, -0.2) is 35.7 Å². The number of primary amides is 2. The number of Topliss-reactive ketones (excluding diaryl/α,β-unsaturated/α-hetero) is 1. The van der Waals surface area contributed by atoms with E-state index in [1.54, 1.807) is 54.6 Å². The number of ether oxygens (including phenoxy) is 1. The molecular formula is C23H24N4O4S. The van der Waals surface area contributed by atoms with Gasteiger partial charge in [-0.2, -0.15) is 0 Å². The molecule has 3 rings (SSSR count). The standard InChI is InChI=1S/C23H24N4O4S/c1-31-17-10-6-5-9-14(17)12-23(22(26)30)19(32)18(20(24)29)15(27-21(23)25)11-16(28)13-7-3-2-4-8-13/h2-10,21,27H,11-12,25H2,1H3,(H2,24,29)(H2,26,30). The molecule has 1 heterocycles. The van der Waals surface area contributed by atoms with E-state index >= 15 is 0 Å². The van der Waals surface area contributed by atoms with Gasteiger partial charge >= 0.3 is 0 Å². The number of ketones is 1. The summed E-state index contributed by atoms with van der Waals surface area (Å²) < 4.78 is 5.37. The van der Waals surface area contributed by atoms with Crippen molar-refractivity contribution in [1.82, 2.24) is 5.32 Å². The van der Waals surface area contributed by atoms with Crippen molar-refractivity contribution < 1.29 is 19.1 Å². The Bertz CT molecular complexity index is 1120. The van der Waals surface area contributed by atoms with Crippen molar-refractivity contribution in [2.75, 3.05) is 7.11 Å². The fourth-order valence-corrected chi connectivity index (χ4v) is 4.39. The lowest BCUT2D eigenvalue weighted by Crippen LogP contribution is -2.66. The van der Waals surface area contributed by atoms with Crippen molar-refractivity contribution in [2.24, 2.45) is 22.6 Å². The number of thiocarbonyl (C=S) groups is 1. The van der Waals surface area contributed by atoms with Gasteiger partial charge in [-0.25, -0.2) is 0 Å². The Kier molecular flexibility index (Phi) is 6.71. The first kappa shape index (κ1) is 23.1. The van der Waals surface area contributed by atoms with Crippen LogP contribution in [0.25, 0.3) is 0 Å². The van der Waals surface area contributed by atoms with E-state index in [2.05, 4.69) is 5.32 Å². The van der Waals surface area contributed by atoms with Crippen LogP contribution in [0.1, 0.15) is 22.3 Å². The average Bonchev–Trinajstić information content (AvgIpc) is 2.76. The van der Waals surface area contributed by atoms with Gasteiger partial charge in [0.2, 0.25) is 5.91 Å². The van der Waals surface area contributed by atoms with E-state index in [1.807, 2.05) is 0 Å². The van der Waals surface area contributed by atoms with Gasteiger partial charge in [0.05, 0.1) is 25.3 Å². The second kappa shape index (κ2) is 9.29. The van der Waals surface area contributed by atoms with Crippen molar-refractivity contribution in [3.63, 3.8) is 0 Å². The number of methoxy groups -OCH3 is 1. The van der Waals surface area contributed by atoms with Crippen molar-refractivity contribution in [3.8, 4) is 5.75 Å². The number of nitrogens with two attached hydrogens (primary N) is 3. The van der Waals surface area contributed by atoms with Crippen LogP contribution >= 0.6 is 12.2 Å². The maximum Gasteiger partial charge on any atom is 0.251 e. The number of amides is 2. The molecule has 1 aliphatic rings. The molecule has 0 fully saturated rings. The summed E-state index contributed by atoms with van der Waals surface area (Å²) in [6, 6.07) is 15.6. The number of benzene rings is 2. The lowest BCUT2D eigenvalue weighted by atomic mass is 9.70. The average molecular weight is 453 g/mol. The molecule has 0 spiro atoms. The molecular weight excluding hydrogens is 428 g/mol. The van der Waals surface area contributed by atoms with Crippen LogP contribution in [0, 0.1) is 5.41 Å². The minimum atomic E-state index is -1.65. The Morgan fingerprint density at radius 2 is 1.69 bits per heavy atom. The normalized spacial score (nSPS) is 20.4. The van der Waals surface area contributed by atoms with Crippen LogP contribution in [0.3, 0.4) is 0 Å². The number of hydrogen-bond donors (Lipinski definition) is 4. The number of rotatable bonds is 8. The number of carbonyl (C=O) groups is 3. The van der Waals surface area contributed by atoms with Gasteiger partial charge in [0.15, 0.2) is 5.78 Å². The van der Waals surface area contributed by atoms with Crippen molar-refractivity contribution in [1.29, 1.82) is 0 Å². The third-order valence-electron chi connectivity index (χ3n) is 5.58. The summed E-state index contributed by atoms with van der Waals surface area (Å²) in [5, 5.41) is 2.92. The van der Waals surface area contributed by atoms with E-state index in [4.69, 9.17) is 34.2 Å². The lowest BCUT2D eigenvalue weighted by molar-refractivity contribution is -0.125. The van der Waals surface area contributed by atoms with E-state index in [0.29, 0.717) is 16.9 Å². The number of para-hydroxylation sites is 1. The predicted molar refractivity (Wildman–Crippen MR) is 124 cm³/mol. The molecule has 2 amide bonds. The summed E-state index contributed by atoms with van der Waals surface area (Å²) >= 11 is 5.58. The molecule has 7 N–H and O–H groups in total. The maximum absolute atomic E-state index is 12.8. The summed E-state index contributed by atoms with van der Waals surface area (Å²) in [7, 11) is 1.50. The van der Waals surface area contributed by atoms with Gasteiger partial charge in [-0.1, -0.05) is 60.7 Å². The molecule has 2 aromatic rings. The summed E-state index contributed by atoms with van der Waals surface area (Å²) in [4.78, 5) is 37.8. The molecule has 0 aliphatic carbocycles. The number of carbonyl (C=O) groups excluding carboxylic acids is 3. The Balaban J connectivity index is 2.07. The van der Waals surface area contributed by atoms with Crippen LogP contribution < -0.4 is 27.3 Å². The highest BCUT2D eigenvalue weighted by Gasteiger charge is 2.52. The van der Waals surface area contributed by atoms with Crippen LogP contribution in [0.5, 0.6) is 5.75 Å². The zero-order valence-corrected chi connectivity index (χ0v) is 18.3. The number of nitrogens with one attached hydrogen (secondary N) is 1. The van der Waals surface area contributed by atoms with Gasteiger partial charge in [0.1, 0.15) is 11.2 Å². The van der Waals surface area contributed by atoms with Gasteiger partial charge < -0.3 is 27.3 Å². The van der Waals surface area contributed by atoms with E-state index in [1.165, 1.54) is 7.11 Å². The van der Waals surface area contributed by atoms with E-state index in [9.17, 15) is 14.4 Å². The molecule has 2 unspecified atom stereocenters. The molecule has 1 aliphatic heterocycles. The number of hydrogen-bond acceptors (Lipinski definition) is 7. The van der Waals surface area contributed by atoms with Crippen LogP contribution in [0.15, 0.2) is 65.9 Å². The molecule has 32 heavy (non-hydrogen) atoms. The van der Waals surface area contributed by atoms with Gasteiger partial charge in [0.25, 0.3) is 5.91 Å². The third kappa shape index (κ3) is 4.12. The first-order valence-corrected chi connectivity index (χ1v) is 10.2. The Labute approximate surface area is 190 Å². The van der Waals surface area contributed by atoms with Crippen LogP contribution in [0.2, 0.25) is 0 Å². The Morgan fingerprint density at radius 3 is 2.28 bits per heavy atom. The molecule has 2 atom stereocenters. The van der Waals surface area contributed by atoms with Gasteiger partial charge in [-0.05, 0) is 18.1 Å². The largest absolute Gasteiger partial charge is 0.496 e. The zero-order chi connectivity index (χ0) is 23.5. The Morgan fingerprint density at radius 1 is 1.06 bits per heavy atom. The second-order valence-electron chi connectivity index (χ2n) is 7.46. The molecule has 0 bridgehead atoms. The van der Waals surface area contributed by atoms with Crippen LogP contribution in [0.4, 0.5) is 0 Å². The monoisotopic (exact) mass is 452 g/mol. The summed E-state index contributed by atoms with van der Waals surface area (Å²) in [6.07, 6.45) is -1.31. The van der Waals surface area contributed by atoms with Crippen molar-refractivity contribution >= 4 is 34.7 Å². The lowest BCUT2D eigenvalue weighted by Gasteiger charge is -2.42. The van der Waals surface area contributed by atoms with E-state index in [0.717, 1.165) is 0 Å². The van der Waals surface area contributed by atoms with E-state index < -0.39 is 23.4 Å². The third-order valence-corrected chi connectivity index (χ3v) is 6.14. The van der Waals surface area contributed by atoms with Crippen molar-refractivity contribution in [2.45, 2.75) is 19.0 Å². The topological polar surface area (TPSA) is 151 Å². The molecule has 8 nitrogen and oxygen atoms in total. The summed E-state index contributed by atoms with van der Waals surface area (Å²) in [5.41, 5.74) is 17.3. The molecule has 166 valence electrons. The highest BCUT2D eigenvalue weighted by molar-refractivity contribution is 7.81. The van der Waals surface area contributed by atoms with Gasteiger partial charge in [-0.3, -0.25) is 14.4 Å². The molecule has 0 aromatic heterocycles. The smallest absolute Gasteiger partial charge is 0.251 e. The molecule has 0 radical (unpaired) electrons. The quantitative estimate of drug-likeness (QED) is 0.344. The van der Waals surface area contributed by atoms with Crippen LogP contribution in [-0.2, 0) is 16.0 Å². The fraction of sp³-hybridized carbons (Fsp3) is 0.217. The summed E-state index contributed by atoms with van der Waals surface area (Å²) in [5.74, 6) is -1.45. The highest BCUT2D eigenvalue weighted by Crippen LogP contribution is 2.38. The first-order chi connectivity index (χ1) is 15.2. The van der Waals surface area contributed by atoms with Gasteiger partial charge in [-0.15, -0.1) is 0 Å². The Hall–Kier alpha value is -3.56. The minimum Gasteiger partial charge on any atom is -0.496 e. The molecule has 0 saturated carbocycles. The predicted octanol–water partition coefficient (Wildman–Crippen LogP) is 0.980. The van der Waals surface area contributed by atoms with E-state index in [-0.39, 0.29) is 34.8 Å². The first-order valence-electron chi connectivity index (χ1n) is 9.82. The molecule has 2 aromatic carbocycles. The highest BCUT2D eigenvalue weighted by atomic mass is 32.1. The van der Waals surface area contributed by atoms with Crippen molar-refractivity contribution in [3.05, 3.63) is 77.0 Å². The fourth-order valence-electron chi connectivity index (χ4n) is 3.86. The summed E-state index contributed by atoms with van der Waals surface area (Å²) in [6.45, 7) is 0. The second-order valence-corrected chi connectivity index (χ2v) is 7.87. The zero-order valence-electron chi connectivity index (χ0n) is 17.5.